The molecule has 0 aliphatic carbocycles. The minimum atomic E-state index is -0.380. The van der Waals surface area contributed by atoms with Gasteiger partial charge in [-0.1, -0.05) is 6.07 Å². The highest BCUT2D eigenvalue weighted by molar-refractivity contribution is 6.04. The van der Waals surface area contributed by atoms with Crippen LogP contribution in [0.2, 0.25) is 0 Å². The van der Waals surface area contributed by atoms with Gasteiger partial charge in [0.05, 0.1) is 24.1 Å². The van der Waals surface area contributed by atoms with Crippen LogP contribution in [0.3, 0.4) is 0 Å². The van der Waals surface area contributed by atoms with E-state index in [1.807, 2.05) is 30.0 Å². The summed E-state index contributed by atoms with van der Waals surface area (Å²) in [5.41, 5.74) is 3.25. The van der Waals surface area contributed by atoms with Gasteiger partial charge in [0.25, 0.3) is 0 Å². The minimum Gasteiger partial charge on any atom is -0.439 e. The number of amides is 4. The number of oxazole rings is 1. The van der Waals surface area contributed by atoms with Crippen LogP contribution in [-0.4, -0.2) is 77.0 Å². The predicted octanol–water partition coefficient (Wildman–Crippen LogP) is 2.97. The van der Waals surface area contributed by atoms with Crippen molar-refractivity contribution in [1.29, 1.82) is 0 Å². The van der Waals surface area contributed by atoms with E-state index in [-0.39, 0.29) is 12.1 Å². The molecule has 3 heterocycles. The van der Waals surface area contributed by atoms with E-state index >= 15 is 0 Å². The maximum absolute atomic E-state index is 12.4. The van der Waals surface area contributed by atoms with E-state index in [1.165, 1.54) is 0 Å². The maximum atomic E-state index is 12.4. The molecule has 0 unspecified atom stereocenters. The van der Waals surface area contributed by atoms with Gasteiger partial charge in [-0.25, -0.2) is 14.6 Å². The molecule has 10 nitrogen and oxygen atoms in total. The largest absolute Gasteiger partial charge is 0.439 e. The Morgan fingerprint density at radius 1 is 1.09 bits per heavy atom. The summed E-state index contributed by atoms with van der Waals surface area (Å²) in [6.07, 6.45) is 1.61. The Balaban J connectivity index is 1.39. The summed E-state index contributed by atoms with van der Waals surface area (Å²) in [6.45, 7) is 5.25. The third kappa shape index (κ3) is 4.97. The van der Waals surface area contributed by atoms with Crippen LogP contribution >= 0.6 is 0 Å². The second kappa shape index (κ2) is 9.23. The second-order valence-corrected chi connectivity index (χ2v) is 7.97. The Hall–Kier alpha value is -3.66. The normalized spacial score (nSPS) is 14.4. The Morgan fingerprint density at radius 3 is 2.56 bits per heavy atom. The molecule has 168 valence electrons. The van der Waals surface area contributed by atoms with Gasteiger partial charge in [-0.15, -0.1) is 0 Å². The standard InChI is InChI=1S/C22H27N7O3/c1-15-7-8-16(13-23-15)24-21(30)25-17-5-4-6-18-20(17)26-19(32-18)14-28-9-11-29(12-10-28)22(31)27(2)3/h4-8,13H,9-12,14H2,1-3H3,(H2,24,25,30). The number of hydrogen-bond acceptors (Lipinski definition) is 6. The van der Waals surface area contributed by atoms with Crippen LogP contribution in [0.4, 0.5) is 21.0 Å². The Kier molecular flexibility index (Phi) is 6.22. The third-order valence-corrected chi connectivity index (χ3v) is 5.26. The molecule has 0 radical (unpaired) electrons. The number of aryl methyl sites for hydroxylation is 1. The van der Waals surface area contributed by atoms with E-state index in [2.05, 4.69) is 25.5 Å². The number of rotatable bonds is 4. The number of urea groups is 2. The molecule has 2 aromatic heterocycles. The number of piperazine rings is 1. The summed E-state index contributed by atoms with van der Waals surface area (Å²) >= 11 is 0. The highest BCUT2D eigenvalue weighted by Gasteiger charge is 2.23. The van der Waals surface area contributed by atoms with Crippen molar-refractivity contribution < 1.29 is 14.0 Å². The number of carbonyl (C=O) groups is 2. The molecule has 1 fully saturated rings. The first-order valence-corrected chi connectivity index (χ1v) is 10.5. The molecular weight excluding hydrogens is 410 g/mol. The maximum Gasteiger partial charge on any atom is 0.323 e. The topological polar surface area (TPSA) is 107 Å². The number of nitrogens with one attached hydrogen (secondary N) is 2. The monoisotopic (exact) mass is 437 g/mol. The molecule has 0 bridgehead atoms. The average molecular weight is 438 g/mol. The number of nitrogens with zero attached hydrogens (tertiary/aromatic N) is 5. The smallest absolute Gasteiger partial charge is 0.323 e. The Morgan fingerprint density at radius 2 is 1.88 bits per heavy atom. The first kappa shape index (κ1) is 21.6. The highest BCUT2D eigenvalue weighted by atomic mass is 16.3. The van der Waals surface area contributed by atoms with Crippen LogP contribution in [0, 0.1) is 6.92 Å². The molecule has 32 heavy (non-hydrogen) atoms. The van der Waals surface area contributed by atoms with Gasteiger partial charge in [0, 0.05) is 46.0 Å². The number of para-hydroxylation sites is 1. The molecule has 4 rings (SSSR count). The molecule has 10 heteroatoms. The van der Waals surface area contributed by atoms with Crippen LogP contribution in [-0.2, 0) is 6.54 Å². The minimum absolute atomic E-state index is 0.0296. The molecular formula is C22H27N7O3. The van der Waals surface area contributed by atoms with Crippen molar-refractivity contribution in [3.63, 3.8) is 0 Å². The van der Waals surface area contributed by atoms with Crippen molar-refractivity contribution in [1.82, 2.24) is 24.7 Å². The molecule has 4 amide bonds. The fourth-order valence-electron chi connectivity index (χ4n) is 3.56. The second-order valence-electron chi connectivity index (χ2n) is 7.97. The van der Waals surface area contributed by atoms with Crippen molar-refractivity contribution in [2.24, 2.45) is 0 Å². The summed E-state index contributed by atoms with van der Waals surface area (Å²) in [4.78, 5) is 38.9. The number of hydrogen-bond donors (Lipinski definition) is 2. The number of aromatic nitrogens is 2. The SMILES string of the molecule is Cc1ccc(NC(=O)Nc2cccc3oc(CN4CCN(C(=O)N(C)C)CC4)nc23)cn1. The van der Waals surface area contributed by atoms with E-state index < -0.39 is 0 Å². The van der Waals surface area contributed by atoms with E-state index in [4.69, 9.17) is 4.42 Å². The Bertz CT molecular complexity index is 1100. The van der Waals surface area contributed by atoms with Crippen LogP contribution in [0.5, 0.6) is 0 Å². The van der Waals surface area contributed by atoms with Gasteiger partial charge >= 0.3 is 12.1 Å². The van der Waals surface area contributed by atoms with Gasteiger partial charge in [-0.05, 0) is 31.2 Å². The van der Waals surface area contributed by atoms with Crippen molar-refractivity contribution in [2.45, 2.75) is 13.5 Å². The van der Waals surface area contributed by atoms with Crippen molar-refractivity contribution >= 4 is 34.5 Å². The summed E-state index contributed by atoms with van der Waals surface area (Å²) in [7, 11) is 3.52. The highest BCUT2D eigenvalue weighted by Crippen LogP contribution is 2.25. The van der Waals surface area contributed by atoms with Gasteiger partial charge in [0.15, 0.2) is 5.58 Å². The third-order valence-electron chi connectivity index (χ3n) is 5.26. The zero-order chi connectivity index (χ0) is 22.7. The number of anilines is 2. The lowest BCUT2D eigenvalue weighted by Gasteiger charge is -2.35. The lowest BCUT2D eigenvalue weighted by atomic mass is 10.3. The molecule has 0 atom stereocenters. The van der Waals surface area contributed by atoms with Crippen LogP contribution in [0.25, 0.3) is 11.1 Å². The molecule has 0 spiro atoms. The summed E-state index contributed by atoms with van der Waals surface area (Å²) in [5.74, 6) is 0.574. The zero-order valence-electron chi connectivity index (χ0n) is 18.5. The molecule has 1 saturated heterocycles. The predicted molar refractivity (Wildman–Crippen MR) is 122 cm³/mol. The fraction of sp³-hybridized carbons (Fsp3) is 0.364. The summed E-state index contributed by atoms with van der Waals surface area (Å²) in [5, 5.41) is 5.59. The average Bonchev–Trinajstić information content (AvgIpc) is 3.19. The molecule has 1 aromatic carbocycles. The number of benzene rings is 1. The summed E-state index contributed by atoms with van der Waals surface area (Å²) < 4.78 is 5.91. The van der Waals surface area contributed by atoms with Crippen molar-refractivity contribution in [3.05, 3.63) is 48.1 Å². The van der Waals surface area contributed by atoms with E-state index in [0.29, 0.717) is 48.0 Å². The van der Waals surface area contributed by atoms with Gasteiger partial charge in [-0.3, -0.25) is 9.88 Å². The number of pyridine rings is 1. The molecule has 0 saturated carbocycles. The van der Waals surface area contributed by atoms with E-state index in [1.54, 1.807) is 37.3 Å². The van der Waals surface area contributed by atoms with Gasteiger partial charge in [0.1, 0.15) is 5.52 Å². The van der Waals surface area contributed by atoms with Gasteiger partial charge < -0.3 is 24.9 Å². The first-order valence-electron chi connectivity index (χ1n) is 10.5. The molecule has 3 aromatic rings. The quantitative estimate of drug-likeness (QED) is 0.650. The molecule has 1 aliphatic rings. The van der Waals surface area contributed by atoms with Crippen LogP contribution in [0.1, 0.15) is 11.6 Å². The lowest BCUT2D eigenvalue weighted by molar-refractivity contribution is 0.115. The fourth-order valence-corrected chi connectivity index (χ4v) is 3.56. The summed E-state index contributed by atoms with van der Waals surface area (Å²) in [6, 6.07) is 8.70. The van der Waals surface area contributed by atoms with E-state index in [0.717, 1.165) is 18.8 Å². The first-order chi connectivity index (χ1) is 15.4. The van der Waals surface area contributed by atoms with Crippen molar-refractivity contribution in [3.8, 4) is 0 Å². The zero-order valence-corrected chi connectivity index (χ0v) is 18.5. The van der Waals surface area contributed by atoms with Crippen LogP contribution < -0.4 is 10.6 Å². The lowest BCUT2D eigenvalue weighted by Crippen LogP contribution is -2.51. The number of fused-ring (bicyclic) bond motifs is 1. The Labute approximate surface area is 186 Å². The van der Waals surface area contributed by atoms with Gasteiger partial charge in [0.2, 0.25) is 5.89 Å². The van der Waals surface area contributed by atoms with Gasteiger partial charge in [-0.2, -0.15) is 0 Å². The van der Waals surface area contributed by atoms with Crippen molar-refractivity contribution in [2.75, 3.05) is 50.9 Å². The molecule has 2 N–H and O–H groups in total. The van der Waals surface area contributed by atoms with Crippen LogP contribution in [0.15, 0.2) is 40.9 Å². The van der Waals surface area contributed by atoms with E-state index in [9.17, 15) is 9.59 Å². The number of carbonyl (C=O) groups excluding carboxylic acids is 2. The molecule has 1 aliphatic heterocycles.